The highest BCUT2D eigenvalue weighted by Crippen LogP contribution is 2.40. The largest absolute Gasteiger partial charge is 0.391 e. The molecule has 2 unspecified atom stereocenters. The molecule has 3 fully saturated rings. The van der Waals surface area contributed by atoms with E-state index in [1.54, 1.807) is 22.6 Å². The maximum atomic E-state index is 13.9. The zero-order valence-electron chi connectivity index (χ0n) is 20.7. The Bertz CT molecular complexity index is 1090. The zero-order chi connectivity index (χ0) is 24.9. The van der Waals surface area contributed by atoms with Crippen LogP contribution < -0.4 is 5.32 Å². The lowest BCUT2D eigenvalue weighted by molar-refractivity contribution is -0.144. The Morgan fingerprint density at radius 3 is 2.54 bits per heavy atom. The van der Waals surface area contributed by atoms with Crippen LogP contribution in [0.2, 0.25) is 0 Å². The molecule has 1 aliphatic carbocycles. The number of carbonyl (C=O) groups excluding carboxylic acids is 2. The summed E-state index contributed by atoms with van der Waals surface area (Å²) in [6, 6.07) is -1.72. The highest BCUT2D eigenvalue weighted by Gasteiger charge is 2.46. The second-order valence-corrected chi connectivity index (χ2v) is 11.1. The van der Waals surface area contributed by atoms with Gasteiger partial charge in [-0.3, -0.25) is 14.3 Å². The van der Waals surface area contributed by atoms with Gasteiger partial charge < -0.3 is 20.1 Å². The summed E-state index contributed by atoms with van der Waals surface area (Å²) in [6.45, 7) is 6.50. The quantitative estimate of drug-likeness (QED) is 0.601. The van der Waals surface area contributed by atoms with Crippen molar-refractivity contribution in [1.82, 2.24) is 40.2 Å². The van der Waals surface area contributed by atoms with Crippen LogP contribution in [0, 0.1) is 5.41 Å². The summed E-state index contributed by atoms with van der Waals surface area (Å²) in [6.07, 6.45) is 5.44. The van der Waals surface area contributed by atoms with Crippen molar-refractivity contribution in [2.75, 3.05) is 13.2 Å². The van der Waals surface area contributed by atoms with Crippen molar-refractivity contribution in [2.24, 2.45) is 12.5 Å². The van der Waals surface area contributed by atoms with E-state index in [0.29, 0.717) is 24.6 Å². The Hall–Kier alpha value is -2.86. The van der Waals surface area contributed by atoms with E-state index in [2.05, 4.69) is 25.9 Å². The average Bonchev–Trinajstić information content (AvgIpc) is 3.16. The Balaban J connectivity index is 1.34. The van der Waals surface area contributed by atoms with E-state index in [0.717, 1.165) is 18.5 Å². The van der Waals surface area contributed by atoms with Gasteiger partial charge in [0.2, 0.25) is 11.8 Å². The van der Waals surface area contributed by atoms with Crippen LogP contribution in [0.15, 0.2) is 12.4 Å². The molecule has 0 aromatic carbocycles. The van der Waals surface area contributed by atoms with Crippen LogP contribution >= 0.6 is 0 Å². The van der Waals surface area contributed by atoms with E-state index in [4.69, 9.17) is 4.74 Å². The van der Waals surface area contributed by atoms with Gasteiger partial charge in [0, 0.05) is 38.7 Å². The van der Waals surface area contributed by atoms with Gasteiger partial charge in [-0.05, 0) is 24.7 Å². The van der Waals surface area contributed by atoms with Crippen LogP contribution in [0.4, 0.5) is 0 Å². The summed E-state index contributed by atoms with van der Waals surface area (Å²) in [5, 5.41) is 30.1. The van der Waals surface area contributed by atoms with Crippen LogP contribution in [0.25, 0.3) is 0 Å². The minimum atomic E-state index is -0.781. The maximum absolute atomic E-state index is 13.9. The van der Waals surface area contributed by atoms with Crippen LogP contribution in [0.5, 0.6) is 0 Å². The predicted molar refractivity (Wildman–Crippen MR) is 123 cm³/mol. The Labute approximate surface area is 204 Å². The van der Waals surface area contributed by atoms with Gasteiger partial charge in [-0.2, -0.15) is 0 Å². The zero-order valence-corrected chi connectivity index (χ0v) is 20.7. The van der Waals surface area contributed by atoms with E-state index in [9.17, 15) is 14.7 Å². The van der Waals surface area contributed by atoms with Crippen molar-refractivity contribution in [1.29, 1.82) is 0 Å². The Morgan fingerprint density at radius 2 is 1.89 bits per heavy atom. The van der Waals surface area contributed by atoms with Crippen LogP contribution in [0.1, 0.15) is 75.9 Å². The van der Waals surface area contributed by atoms with Crippen LogP contribution in [-0.2, 0) is 21.4 Å². The predicted octanol–water partition coefficient (Wildman–Crippen LogP) is 0.479. The molecule has 4 heterocycles. The molecule has 3 aliphatic rings. The molecule has 0 bridgehead atoms. The van der Waals surface area contributed by atoms with Gasteiger partial charge in [-0.15, -0.1) is 10.2 Å². The summed E-state index contributed by atoms with van der Waals surface area (Å²) in [5.74, 6) is -0.124. The molecule has 2 amide bonds. The SMILES string of the molecule is Cn1cc(C2OCCC2NC(=O)[C@@H]2C[C@@H](O)CN2C(=O)[C@@H](n2cc(C3CC3)nn2)C(C)(C)C)nn1. The Kier molecular flexibility index (Phi) is 6.12. The monoisotopic (exact) mass is 486 g/mol. The lowest BCUT2D eigenvalue weighted by Gasteiger charge is -2.35. The first kappa shape index (κ1) is 23.9. The molecule has 2 saturated heterocycles. The molecule has 0 spiro atoms. The first-order valence-electron chi connectivity index (χ1n) is 12.3. The number of amides is 2. The minimum absolute atomic E-state index is 0.0996. The third-order valence-electron chi connectivity index (χ3n) is 7.04. The highest BCUT2D eigenvalue weighted by molar-refractivity contribution is 5.90. The molecule has 12 heteroatoms. The van der Waals surface area contributed by atoms with E-state index in [-0.39, 0.29) is 30.8 Å². The van der Waals surface area contributed by atoms with Gasteiger partial charge >= 0.3 is 0 Å². The number of hydrogen-bond donors (Lipinski definition) is 2. The van der Waals surface area contributed by atoms with E-state index in [1.807, 2.05) is 27.0 Å². The number of aromatic nitrogens is 6. The molecule has 5 rings (SSSR count). The average molecular weight is 487 g/mol. The second kappa shape index (κ2) is 8.98. The number of nitrogens with one attached hydrogen (secondary N) is 1. The van der Waals surface area contributed by atoms with Crippen LogP contribution in [-0.4, -0.2) is 83.1 Å². The van der Waals surface area contributed by atoms with E-state index >= 15 is 0 Å². The van der Waals surface area contributed by atoms with Gasteiger partial charge in [0.1, 0.15) is 23.9 Å². The number of rotatable bonds is 6. The molecule has 2 aromatic heterocycles. The van der Waals surface area contributed by atoms with Gasteiger partial charge in [0.15, 0.2) is 0 Å². The van der Waals surface area contributed by atoms with Crippen molar-refractivity contribution < 1.29 is 19.4 Å². The number of aliphatic hydroxyl groups excluding tert-OH is 1. The first-order chi connectivity index (χ1) is 16.6. The summed E-state index contributed by atoms with van der Waals surface area (Å²) in [4.78, 5) is 28.8. The molecule has 35 heavy (non-hydrogen) atoms. The molecule has 190 valence electrons. The summed E-state index contributed by atoms with van der Waals surface area (Å²) < 4.78 is 9.03. The Morgan fingerprint density at radius 1 is 1.14 bits per heavy atom. The molecule has 2 N–H and O–H groups in total. The van der Waals surface area contributed by atoms with Gasteiger partial charge in [0.05, 0.1) is 24.0 Å². The molecule has 0 radical (unpaired) electrons. The number of nitrogens with zero attached hydrogens (tertiary/aromatic N) is 7. The van der Waals surface area contributed by atoms with Crippen LogP contribution in [0.3, 0.4) is 0 Å². The summed E-state index contributed by atoms with van der Waals surface area (Å²) >= 11 is 0. The fourth-order valence-corrected chi connectivity index (χ4v) is 5.13. The third-order valence-corrected chi connectivity index (χ3v) is 7.04. The number of likely N-dealkylation sites (tertiary alicyclic amines) is 1. The number of carbonyl (C=O) groups is 2. The second-order valence-electron chi connectivity index (χ2n) is 11.1. The fraction of sp³-hybridized carbons (Fsp3) is 0.739. The number of aliphatic hydroxyl groups is 1. The molecule has 12 nitrogen and oxygen atoms in total. The van der Waals surface area contributed by atoms with E-state index < -0.39 is 29.7 Å². The molecular weight excluding hydrogens is 452 g/mol. The van der Waals surface area contributed by atoms with Crippen molar-refractivity contribution in [2.45, 2.75) is 82.7 Å². The number of aryl methyl sites for hydroxylation is 1. The molecular formula is C23H34N8O4. The van der Waals surface area contributed by atoms with E-state index in [1.165, 1.54) is 4.90 Å². The van der Waals surface area contributed by atoms with Gasteiger partial charge in [-0.25, -0.2) is 4.68 Å². The first-order valence-corrected chi connectivity index (χ1v) is 12.3. The van der Waals surface area contributed by atoms with Crippen molar-refractivity contribution in [3.05, 3.63) is 23.8 Å². The number of β-amino-alcohol motifs (C(OH)–C–C–N with tert-alkyl or cyclic N) is 1. The van der Waals surface area contributed by atoms with Gasteiger partial charge in [-0.1, -0.05) is 31.2 Å². The minimum Gasteiger partial charge on any atom is -0.391 e. The fourth-order valence-electron chi connectivity index (χ4n) is 5.13. The highest BCUT2D eigenvalue weighted by atomic mass is 16.5. The molecule has 5 atom stereocenters. The smallest absolute Gasteiger partial charge is 0.248 e. The summed E-state index contributed by atoms with van der Waals surface area (Å²) in [5.41, 5.74) is 1.08. The third kappa shape index (κ3) is 4.81. The normalized spacial score (nSPS) is 27.9. The number of hydrogen-bond acceptors (Lipinski definition) is 8. The lowest BCUT2D eigenvalue weighted by Crippen LogP contribution is -2.52. The van der Waals surface area contributed by atoms with Gasteiger partial charge in [0.25, 0.3) is 0 Å². The van der Waals surface area contributed by atoms with Crippen molar-refractivity contribution in [3.8, 4) is 0 Å². The number of ether oxygens (including phenoxy) is 1. The summed E-state index contributed by atoms with van der Waals surface area (Å²) in [7, 11) is 1.77. The topological polar surface area (TPSA) is 140 Å². The molecule has 1 saturated carbocycles. The van der Waals surface area contributed by atoms with Crippen molar-refractivity contribution in [3.63, 3.8) is 0 Å². The van der Waals surface area contributed by atoms with Crippen molar-refractivity contribution >= 4 is 11.8 Å². The molecule has 2 aromatic rings. The standard InChI is InChI=1S/C23H34N8O4/c1-23(2,3)20(31-12-16(25-28-31)13-5-6-13)22(34)30-10-14(32)9-18(30)21(33)24-15-7-8-35-19(15)17-11-29(4)27-26-17/h11-15,18-20,32H,5-10H2,1-4H3,(H,24,33)/t14-,15?,18+,19?,20-/m1/s1. The maximum Gasteiger partial charge on any atom is 0.248 e. The lowest BCUT2D eigenvalue weighted by atomic mass is 9.85. The molecule has 2 aliphatic heterocycles.